The van der Waals surface area contributed by atoms with Crippen LogP contribution in [0.2, 0.25) is 0 Å². The second-order valence-electron chi connectivity index (χ2n) is 4.40. The molecule has 1 aliphatic rings. The van der Waals surface area contributed by atoms with Crippen molar-refractivity contribution in [2.45, 2.75) is 12.6 Å². The molecule has 3 rings (SSSR count). The summed E-state index contributed by atoms with van der Waals surface area (Å²) < 4.78 is 0. The Morgan fingerprint density at radius 1 is 1.21 bits per heavy atom. The summed E-state index contributed by atoms with van der Waals surface area (Å²) in [7, 11) is 0. The average Bonchev–Trinajstić information content (AvgIpc) is 2.96. The molecule has 1 unspecified atom stereocenters. The van der Waals surface area contributed by atoms with Gasteiger partial charge in [-0.05, 0) is 17.2 Å². The number of hydrogen-bond acceptors (Lipinski definition) is 3. The van der Waals surface area contributed by atoms with Gasteiger partial charge in [0, 0.05) is 18.1 Å². The number of hydrogen-bond donors (Lipinski definition) is 1. The second kappa shape index (κ2) is 5.89. The highest BCUT2D eigenvalue weighted by Gasteiger charge is 2.21. The molecule has 1 aromatic heterocycles. The number of amidine groups is 1. The van der Waals surface area contributed by atoms with Crippen LogP contribution in [0, 0.1) is 0 Å². The van der Waals surface area contributed by atoms with E-state index >= 15 is 0 Å². The van der Waals surface area contributed by atoms with Gasteiger partial charge in [0.2, 0.25) is 0 Å². The van der Waals surface area contributed by atoms with Crippen LogP contribution in [-0.2, 0) is 6.54 Å². The van der Waals surface area contributed by atoms with Gasteiger partial charge in [-0.15, -0.1) is 0 Å². The Morgan fingerprint density at radius 3 is 2.89 bits per heavy atom. The number of nitrogens with zero attached hydrogens (tertiary/aromatic N) is 2. The summed E-state index contributed by atoms with van der Waals surface area (Å²) in [5, 5.41) is 4.50. The van der Waals surface area contributed by atoms with Gasteiger partial charge in [0.15, 0.2) is 5.17 Å². The summed E-state index contributed by atoms with van der Waals surface area (Å²) in [6.45, 7) is 0.685. The van der Waals surface area contributed by atoms with Gasteiger partial charge in [-0.1, -0.05) is 48.2 Å². The van der Waals surface area contributed by atoms with Crippen LogP contribution in [0.3, 0.4) is 0 Å². The molecule has 1 N–H and O–H groups in total. The Kier molecular flexibility index (Phi) is 3.79. The van der Waals surface area contributed by atoms with Crippen LogP contribution >= 0.6 is 11.8 Å². The Morgan fingerprint density at radius 2 is 2.11 bits per heavy atom. The molecule has 19 heavy (non-hydrogen) atoms. The lowest BCUT2D eigenvalue weighted by molar-refractivity contribution is 0.748. The predicted molar refractivity (Wildman–Crippen MR) is 80.2 cm³/mol. The normalized spacial score (nSPS) is 20.4. The molecule has 0 amide bonds. The van der Waals surface area contributed by atoms with E-state index in [9.17, 15) is 0 Å². The van der Waals surface area contributed by atoms with Crippen molar-refractivity contribution in [2.24, 2.45) is 4.99 Å². The summed E-state index contributed by atoms with van der Waals surface area (Å²) in [4.78, 5) is 8.69. The van der Waals surface area contributed by atoms with E-state index < -0.39 is 0 Å². The van der Waals surface area contributed by atoms with Crippen LogP contribution in [0.15, 0.2) is 59.9 Å². The van der Waals surface area contributed by atoms with E-state index in [1.807, 2.05) is 24.4 Å². The molecule has 96 valence electrons. The Balaban J connectivity index is 1.63. The smallest absolute Gasteiger partial charge is 0.157 e. The van der Waals surface area contributed by atoms with Crippen LogP contribution in [0.4, 0.5) is 0 Å². The van der Waals surface area contributed by atoms with Crippen molar-refractivity contribution in [1.29, 1.82) is 0 Å². The SMILES string of the molecule is c1ccc(C2CSC(=NCc3cccnc3)N2)cc1. The number of aliphatic imine (C=N–C) groups is 1. The zero-order chi connectivity index (χ0) is 12.9. The van der Waals surface area contributed by atoms with Gasteiger partial charge >= 0.3 is 0 Å². The fraction of sp³-hybridized carbons (Fsp3) is 0.200. The van der Waals surface area contributed by atoms with Crippen molar-refractivity contribution in [3.05, 3.63) is 66.0 Å². The van der Waals surface area contributed by atoms with E-state index in [1.54, 1.807) is 18.0 Å². The van der Waals surface area contributed by atoms with E-state index in [2.05, 4.69) is 39.6 Å². The van der Waals surface area contributed by atoms with Crippen LogP contribution in [0.1, 0.15) is 17.2 Å². The van der Waals surface area contributed by atoms with Crippen molar-refractivity contribution in [1.82, 2.24) is 10.3 Å². The minimum absolute atomic E-state index is 0.374. The Bertz CT molecular complexity index is 554. The maximum Gasteiger partial charge on any atom is 0.157 e. The quantitative estimate of drug-likeness (QED) is 0.930. The number of aromatic nitrogens is 1. The van der Waals surface area contributed by atoms with Crippen molar-refractivity contribution < 1.29 is 0 Å². The molecule has 0 aliphatic carbocycles. The Labute approximate surface area is 117 Å². The molecule has 0 saturated carbocycles. The second-order valence-corrected chi connectivity index (χ2v) is 5.41. The predicted octanol–water partition coefficient (Wildman–Crippen LogP) is 3.02. The maximum atomic E-state index is 4.60. The fourth-order valence-electron chi connectivity index (χ4n) is 2.01. The highest BCUT2D eigenvalue weighted by molar-refractivity contribution is 8.14. The molecule has 1 aromatic carbocycles. The molecule has 3 nitrogen and oxygen atoms in total. The van der Waals surface area contributed by atoms with Gasteiger partial charge in [0.25, 0.3) is 0 Å². The van der Waals surface area contributed by atoms with E-state index in [0.717, 1.165) is 16.5 Å². The highest BCUT2D eigenvalue weighted by atomic mass is 32.2. The average molecular weight is 269 g/mol. The first-order chi connectivity index (χ1) is 9.42. The third kappa shape index (κ3) is 3.15. The van der Waals surface area contributed by atoms with E-state index in [-0.39, 0.29) is 0 Å². The molecule has 0 radical (unpaired) electrons. The minimum Gasteiger partial charge on any atom is -0.357 e. The van der Waals surface area contributed by atoms with Gasteiger partial charge in [-0.25, -0.2) is 0 Å². The fourth-order valence-corrected chi connectivity index (χ4v) is 2.99. The lowest BCUT2D eigenvalue weighted by Gasteiger charge is -2.09. The number of benzene rings is 1. The number of rotatable bonds is 3. The lowest BCUT2D eigenvalue weighted by atomic mass is 10.1. The molecule has 1 saturated heterocycles. The number of pyridine rings is 1. The third-order valence-corrected chi connectivity index (χ3v) is 4.03. The molecule has 2 heterocycles. The molecule has 0 spiro atoms. The van der Waals surface area contributed by atoms with Gasteiger partial charge in [-0.3, -0.25) is 9.98 Å². The monoisotopic (exact) mass is 269 g/mol. The standard InChI is InChI=1S/C15H15N3S/c1-2-6-13(7-3-1)14-11-19-15(18-14)17-10-12-5-4-8-16-9-12/h1-9,14H,10-11H2,(H,17,18). The summed E-state index contributed by atoms with van der Waals surface area (Å²) in [5.41, 5.74) is 2.46. The zero-order valence-electron chi connectivity index (χ0n) is 10.5. The van der Waals surface area contributed by atoms with Gasteiger partial charge in [0.05, 0.1) is 12.6 Å². The maximum absolute atomic E-state index is 4.60. The molecule has 1 aliphatic heterocycles. The van der Waals surface area contributed by atoms with Crippen LogP contribution in [0.5, 0.6) is 0 Å². The Hall–Kier alpha value is -1.81. The lowest BCUT2D eigenvalue weighted by Crippen LogP contribution is -2.19. The van der Waals surface area contributed by atoms with Crippen molar-refractivity contribution in [3.63, 3.8) is 0 Å². The summed E-state index contributed by atoms with van der Waals surface area (Å²) in [6, 6.07) is 14.9. The molecule has 0 bridgehead atoms. The topological polar surface area (TPSA) is 37.3 Å². The molecule has 4 heteroatoms. The van der Waals surface area contributed by atoms with Gasteiger partial charge in [-0.2, -0.15) is 0 Å². The van der Waals surface area contributed by atoms with Crippen molar-refractivity contribution in [3.8, 4) is 0 Å². The highest BCUT2D eigenvalue weighted by Crippen LogP contribution is 2.25. The van der Waals surface area contributed by atoms with Gasteiger partial charge in [0.1, 0.15) is 0 Å². The molecular weight excluding hydrogens is 254 g/mol. The summed E-state index contributed by atoms with van der Waals surface area (Å²) in [6.07, 6.45) is 3.64. The minimum atomic E-state index is 0.374. The molecular formula is C15H15N3S. The number of thioether (sulfide) groups is 1. The van der Waals surface area contributed by atoms with Crippen LogP contribution in [0.25, 0.3) is 0 Å². The zero-order valence-corrected chi connectivity index (χ0v) is 11.3. The summed E-state index contributed by atoms with van der Waals surface area (Å²) >= 11 is 1.78. The first kappa shape index (κ1) is 12.2. The van der Waals surface area contributed by atoms with Gasteiger partial charge < -0.3 is 5.32 Å². The van der Waals surface area contributed by atoms with Crippen LogP contribution < -0.4 is 5.32 Å². The third-order valence-electron chi connectivity index (χ3n) is 3.01. The van der Waals surface area contributed by atoms with E-state index in [1.165, 1.54) is 5.56 Å². The van der Waals surface area contributed by atoms with Crippen molar-refractivity contribution >= 4 is 16.9 Å². The number of nitrogens with one attached hydrogen (secondary N) is 1. The largest absolute Gasteiger partial charge is 0.357 e. The van der Waals surface area contributed by atoms with Crippen LogP contribution in [-0.4, -0.2) is 15.9 Å². The van der Waals surface area contributed by atoms with E-state index in [0.29, 0.717) is 12.6 Å². The van der Waals surface area contributed by atoms with E-state index in [4.69, 9.17) is 0 Å². The molecule has 1 fully saturated rings. The molecule has 2 aromatic rings. The summed E-state index contributed by atoms with van der Waals surface area (Å²) in [5.74, 6) is 1.04. The molecule has 1 atom stereocenters. The van der Waals surface area contributed by atoms with Crippen molar-refractivity contribution in [2.75, 3.05) is 5.75 Å². The first-order valence-electron chi connectivity index (χ1n) is 6.29. The first-order valence-corrected chi connectivity index (χ1v) is 7.28.